The number of carbonyl (C=O) groups is 2. The molecule has 29 heavy (non-hydrogen) atoms. The zero-order valence-corrected chi connectivity index (χ0v) is 24.7. The third kappa shape index (κ3) is 11.3. The third-order valence-electron chi connectivity index (χ3n) is 2.61. The Morgan fingerprint density at radius 2 is 1.66 bits per heavy atom. The molecule has 144 valence electrons. The quantitative estimate of drug-likeness (QED) is 0.135. The molecule has 0 unspecified atom stereocenters. The zero-order valence-electron chi connectivity index (χ0n) is 15.6. The Labute approximate surface area is 236 Å². The average Bonchev–Trinajstić information content (AvgIpc) is 2.68. The van der Waals surface area contributed by atoms with Gasteiger partial charge in [-0.1, -0.05) is 0 Å². The first-order valence-electron chi connectivity index (χ1n) is 7.18. The monoisotopic (exact) mass is 550 g/mol. The summed E-state index contributed by atoms with van der Waals surface area (Å²) in [5, 5.41) is 0. The van der Waals surface area contributed by atoms with E-state index in [0.717, 1.165) is 4.90 Å². The van der Waals surface area contributed by atoms with Crippen LogP contribution >= 0.6 is 21.8 Å². The molecule has 1 heterocycles. The standard InChI is InChI=1S/C14H15AsN4O4S4.2Na/c16-14-17-6-5-11(18-14)19-27-26-10-3-1-9(2-4-10)15(22-12(20)7-24)23-13(21)8-25;;/h1-6,24-25H,7-8H2,(H3,16,17,18,19);;/q;2*+1/p-2. The van der Waals surface area contributed by atoms with Gasteiger partial charge in [0.25, 0.3) is 0 Å². The minimum absolute atomic E-state index is 0. The van der Waals surface area contributed by atoms with E-state index in [4.69, 9.17) is 13.2 Å². The van der Waals surface area contributed by atoms with Gasteiger partial charge in [0.15, 0.2) is 0 Å². The van der Waals surface area contributed by atoms with Crippen LogP contribution in [0.4, 0.5) is 11.8 Å². The smallest absolute Gasteiger partial charge is 1.00 e. The maximum atomic E-state index is 11.5. The second-order valence-electron chi connectivity index (χ2n) is 4.54. The van der Waals surface area contributed by atoms with Crippen molar-refractivity contribution in [3.8, 4) is 0 Å². The second-order valence-corrected chi connectivity index (χ2v) is 10.0. The SMILES string of the molecule is Nc1nccc(NSSc2ccc([As](OC(=O)C[S-])OC(=O)C[S-])cc2)n1.[Na+].[Na+]. The fourth-order valence-electron chi connectivity index (χ4n) is 1.53. The molecular formula is C14H13AsN4Na2O4S4. The molecular weight excluding hydrogens is 537 g/mol. The number of nitrogens with one attached hydrogen (secondary N) is 1. The number of hydrogen-bond donors (Lipinski definition) is 2. The molecule has 1 aromatic heterocycles. The zero-order chi connectivity index (χ0) is 19.6. The summed E-state index contributed by atoms with van der Waals surface area (Å²) >= 11 is 6.50. The van der Waals surface area contributed by atoms with Crippen LogP contribution in [0.2, 0.25) is 0 Å². The summed E-state index contributed by atoms with van der Waals surface area (Å²) in [6.07, 6.45) is 1.56. The molecule has 0 aliphatic heterocycles. The number of rotatable bonds is 9. The number of nitrogens with two attached hydrogens (primary N) is 1. The van der Waals surface area contributed by atoms with Crippen molar-refractivity contribution in [2.45, 2.75) is 4.90 Å². The van der Waals surface area contributed by atoms with Gasteiger partial charge in [-0.2, -0.15) is 0 Å². The van der Waals surface area contributed by atoms with Crippen molar-refractivity contribution in [1.82, 2.24) is 9.97 Å². The predicted octanol–water partition coefficient (Wildman–Crippen LogP) is -5.29. The molecule has 0 radical (unpaired) electrons. The van der Waals surface area contributed by atoms with E-state index < -0.39 is 27.3 Å². The van der Waals surface area contributed by atoms with E-state index in [0.29, 0.717) is 10.2 Å². The average molecular weight is 550 g/mol. The minimum atomic E-state index is -2.82. The summed E-state index contributed by atoms with van der Waals surface area (Å²) in [6, 6.07) is 8.85. The van der Waals surface area contributed by atoms with Gasteiger partial charge in [-0.3, -0.25) is 0 Å². The second kappa shape index (κ2) is 16.4. The van der Waals surface area contributed by atoms with E-state index in [1.807, 2.05) is 12.1 Å². The molecule has 0 bridgehead atoms. The van der Waals surface area contributed by atoms with Crippen LogP contribution in [0, 0.1) is 0 Å². The van der Waals surface area contributed by atoms with Crippen LogP contribution in [0.25, 0.3) is 0 Å². The van der Waals surface area contributed by atoms with Crippen molar-refractivity contribution in [1.29, 1.82) is 0 Å². The summed E-state index contributed by atoms with van der Waals surface area (Å²) in [5.74, 6) is -0.820. The summed E-state index contributed by atoms with van der Waals surface area (Å²) in [5.41, 5.74) is 5.52. The molecule has 0 aliphatic rings. The maximum absolute atomic E-state index is 11.5. The first-order chi connectivity index (χ1) is 13.0. The number of nitrogens with zero attached hydrogens (tertiary/aromatic N) is 2. The molecule has 0 amide bonds. The molecule has 0 atom stereocenters. The molecule has 0 saturated carbocycles. The Bertz CT molecular complexity index is 776. The van der Waals surface area contributed by atoms with Crippen LogP contribution in [-0.2, 0) is 42.3 Å². The fraction of sp³-hybridized carbons (Fsp3) is 0.143. The number of nitrogen functional groups attached to an aromatic ring is 1. The van der Waals surface area contributed by atoms with Crippen molar-refractivity contribution < 1.29 is 76.2 Å². The third-order valence-corrected chi connectivity index (χ3v) is 8.06. The normalized spacial score (nSPS) is 9.76. The summed E-state index contributed by atoms with van der Waals surface area (Å²) in [4.78, 5) is 31.7. The van der Waals surface area contributed by atoms with Crippen LogP contribution < -0.4 is 73.9 Å². The number of anilines is 2. The Hall–Kier alpha value is 0.798. The van der Waals surface area contributed by atoms with E-state index in [1.54, 1.807) is 24.4 Å². The van der Waals surface area contributed by atoms with E-state index >= 15 is 0 Å². The molecule has 1 aromatic carbocycles. The molecule has 15 heteroatoms. The van der Waals surface area contributed by atoms with Crippen molar-refractivity contribution >= 4 is 90.4 Å². The van der Waals surface area contributed by atoms with E-state index in [-0.39, 0.29) is 76.6 Å². The molecule has 8 nitrogen and oxygen atoms in total. The van der Waals surface area contributed by atoms with Crippen molar-refractivity contribution in [2.75, 3.05) is 22.0 Å². The van der Waals surface area contributed by atoms with Gasteiger partial charge in [-0.15, -0.1) is 0 Å². The van der Waals surface area contributed by atoms with Gasteiger partial charge in [-0.05, 0) is 0 Å². The van der Waals surface area contributed by atoms with Crippen LogP contribution in [0.1, 0.15) is 0 Å². The molecule has 0 aliphatic carbocycles. The molecule has 2 aromatic rings. The topological polar surface area (TPSA) is 116 Å². The van der Waals surface area contributed by atoms with Gasteiger partial charge >= 0.3 is 240 Å². The number of hydrogen-bond acceptors (Lipinski definition) is 12. The van der Waals surface area contributed by atoms with E-state index in [9.17, 15) is 9.59 Å². The van der Waals surface area contributed by atoms with Gasteiger partial charge < -0.3 is 0 Å². The number of carbonyl (C=O) groups excluding carboxylic acids is 2. The van der Waals surface area contributed by atoms with Gasteiger partial charge in [-0.25, -0.2) is 0 Å². The molecule has 0 saturated heterocycles. The maximum Gasteiger partial charge on any atom is 1.00 e. The fourth-order valence-corrected chi connectivity index (χ4v) is 6.00. The van der Waals surface area contributed by atoms with Gasteiger partial charge in [0, 0.05) is 0 Å². The Morgan fingerprint density at radius 3 is 2.17 bits per heavy atom. The minimum Gasteiger partial charge on any atom is 1.00 e. The van der Waals surface area contributed by atoms with Crippen LogP contribution in [-0.4, -0.2) is 48.7 Å². The molecule has 3 N–H and O–H groups in total. The Balaban J connectivity index is 0.00000392. The summed E-state index contributed by atoms with van der Waals surface area (Å²) in [6.45, 7) is 0. The van der Waals surface area contributed by atoms with Gasteiger partial charge in [0.2, 0.25) is 0 Å². The van der Waals surface area contributed by atoms with E-state index in [2.05, 4.69) is 39.9 Å². The molecule has 0 fully saturated rings. The van der Waals surface area contributed by atoms with Gasteiger partial charge in [0.05, 0.1) is 0 Å². The first-order valence-corrected chi connectivity index (χ1v) is 13.0. The number of aromatic nitrogens is 2. The predicted molar refractivity (Wildman–Crippen MR) is 112 cm³/mol. The molecule has 0 spiro atoms. The number of benzene rings is 1. The van der Waals surface area contributed by atoms with Crippen LogP contribution in [0.5, 0.6) is 0 Å². The van der Waals surface area contributed by atoms with Gasteiger partial charge in [0.1, 0.15) is 0 Å². The van der Waals surface area contributed by atoms with Crippen molar-refractivity contribution in [3.63, 3.8) is 0 Å². The van der Waals surface area contributed by atoms with Crippen molar-refractivity contribution in [2.24, 2.45) is 0 Å². The van der Waals surface area contributed by atoms with Crippen LogP contribution in [0.3, 0.4) is 0 Å². The van der Waals surface area contributed by atoms with Crippen molar-refractivity contribution in [3.05, 3.63) is 36.5 Å². The first kappa shape index (κ1) is 29.8. The largest absolute Gasteiger partial charge is 1.00 e. The Morgan fingerprint density at radius 1 is 1.07 bits per heavy atom. The van der Waals surface area contributed by atoms with Crippen LogP contribution in [0.15, 0.2) is 41.4 Å². The Kier molecular flexibility index (Phi) is 16.9. The molecule has 2 rings (SSSR count). The summed E-state index contributed by atoms with van der Waals surface area (Å²) in [7, 11) is 2.80. The van der Waals surface area contributed by atoms with E-state index in [1.165, 1.54) is 21.8 Å². The summed E-state index contributed by atoms with van der Waals surface area (Å²) < 4.78 is 14.1.